The van der Waals surface area contributed by atoms with Crippen LogP contribution in [0.1, 0.15) is 24.8 Å². The van der Waals surface area contributed by atoms with E-state index in [0.717, 1.165) is 72.7 Å². The molecule has 5 aromatic rings. The molecule has 0 aliphatic rings. The normalized spacial score (nSPS) is 10.9. The lowest BCUT2D eigenvalue weighted by molar-refractivity contribution is -0.107. The van der Waals surface area contributed by atoms with Gasteiger partial charge in [0, 0.05) is 21.0 Å². The summed E-state index contributed by atoms with van der Waals surface area (Å²) in [6, 6.07) is 32.3. The van der Waals surface area contributed by atoms with Gasteiger partial charge in [0.25, 0.3) is 0 Å². The number of ether oxygens (including phenoxy) is 3. The maximum absolute atomic E-state index is 10.5. The van der Waals surface area contributed by atoms with Gasteiger partial charge in [-0.1, -0.05) is 58.4 Å². The maximum atomic E-state index is 10.5. The molecule has 1 aromatic heterocycles. The number of carbonyl (C=O) groups excluding carboxylic acids is 1. The second-order valence-electron chi connectivity index (χ2n) is 8.78. The lowest BCUT2D eigenvalue weighted by atomic mass is 10.1. The lowest BCUT2D eigenvalue weighted by Crippen LogP contribution is -1.97. The second-order valence-corrected chi connectivity index (χ2v) is 10.8. The number of halogens is 1. The van der Waals surface area contributed by atoms with Gasteiger partial charge in [0.1, 0.15) is 30.1 Å². The van der Waals surface area contributed by atoms with Crippen LogP contribution in [0.15, 0.2) is 102 Å². The van der Waals surface area contributed by atoms with Crippen LogP contribution in [-0.2, 0) is 11.4 Å². The fourth-order valence-electron chi connectivity index (χ4n) is 4.02. The van der Waals surface area contributed by atoms with E-state index in [4.69, 9.17) is 14.2 Å². The van der Waals surface area contributed by atoms with Crippen LogP contribution in [0.2, 0.25) is 0 Å². The van der Waals surface area contributed by atoms with Crippen LogP contribution < -0.4 is 14.2 Å². The number of hydrogen-bond donors (Lipinski definition) is 0. The Labute approximate surface area is 234 Å². The van der Waals surface area contributed by atoms with Crippen molar-refractivity contribution < 1.29 is 19.0 Å². The van der Waals surface area contributed by atoms with Crippen LogP contribution in [0.25, 0.3) is 20.5 Å². The van der Waals surface area contributed by atoms with Gasteiger partial charge in [0.15, 0.2) is 5.75 Å². The largest absolute Gasteiger partial charge is 0.494 e. The summed E-state index contributed by atoms with van der Waals surface area (Å²) in [4.78, 5) is 11.5. The minimum absolute atomic E-state index is 0.520. The average molecular weight is 588 g/mol. The summed E-state index contributed by atoms with van der Waals surface area (Å²) in [7, 11) is 0. The van der Waals surface area contributed by atoms with Gasteiger partial charge in [0.05, 0.1) is 11.5 Å². The molecule has 0 atom stereocenters. The van der Waals surface area contributed by atoms with E-state index in [0.29, 0.717) is 19.6 Å². The second kappa shape index (κ2) is 12.8. The fraction of sp³-hybridized carbons (Fsp3) is 0.156. The number of aldehydes is 1. The highest BCUT2D eigenvalue weighted by Gasteiger charge is 2.17. The first-order chi connectivity index (χ1) is 18.7. The van der Waals surface area contributed by atoms with E-state index in [-0.39, 0.29) is 0 Å². The third kappa shape index (κ3) is 6.63. The summed E-state index contributed by atoms with van der Waals surface area (Å²) in [6.45, 7) is 1.11. The van der Waals surface area contributed by atoms with Gasteiger partial charge in [-0.05, 0) is 78.6 Å². The average Bonchev–Trinajstić information content (AvgIpc) is 3.31. The highest BCUT2D eigenvalue weighted by Crippen LogP contribution is 2.47. The molecule has 0 radical (unpaired) electrons. The number of hydrogen-bond acceptors (Lipinski definition) is 5. The third-order valence-electron chi connectivity index (χ3n) is 6.00. The fourth-order valence-corrected chi connectivity index (χ4v) is 5.45. The predicted molar refractivity (Wildman–Crippen MR) is 158 cm³/mol. The first kappa shape index (κ1) is 26.0. The number of unbranched alkanes of at least 4 members (excludes halogenated alkanes) is 2. The quantitative estimate of drug-likeness (QED) is 0.108. The van der Waals surface area contributed by atoms with Gasteiger partial charge in [-0.2, -0.15) is 0 Å². The van der Waals surface area contributed by atoms with Crippen LogP contribution in [0.5, 0.6) is 23.0 Å². The molecular formula is C32H27BrO4S. The molecule has 0 saturated heterocycles. The Hall–Kier alpha value is -3.61. The van der Waals surface area contributed by atoms with E-state index >= 15 is 0 Å². The van der Waals surface area contributed by atoms with Crippen LogP contribution in [-0.4, -0.2) is 12.9 Å². The molecule has 0 amide bonds. The van der Waals surface area contributed by atoms with E-state index in [1.165, 1.54) is 0 Å². The Morgan fingerprint density at radius 1 is 0.763 bits per heavy atom. The molecule has 0 fully saturated rings. The number of rotatable bonds is 12. The van der Waals surface area contributed by atoms with Gasteiger partial charge in [0.2, 0.25) is 0 Å². The van der Waals surface area contributed by atoms with Crippen molar-refractivity contribution in [2.45, 2.75) is 25.9 Å². The highest BCUT2D eigenvalue weighted by atomic mass is 79.9. The molecule has 6 heteroatoms. The Balaban J connectivity index is 1.38. The standard InChI is InChI=1S/C32H27BrO4S/c33-25-11-9-24(10-12-25)32-31(37-27-15-13-26(14-16-27)35-20-6-2-5-19-34)29-18-17-28(21-30(29)38-32)36-22-23-7-3-1-4-8-23/h1,3-4,7-19,21H,2,5-6,20,22H2. The minimum Gasteiger partial charge on any atom is -0.494 e. The topological polar surface area (TPSA) is 44.8 Å². The van der Waals surface area contributed by atoms with Crippen molar-refractivity contribution >= 4 is 43.6 Å². The molecule has 192 valence electrons. The Morgan fingerprint density at radius 2 is 1.50 bits per heavy atom. The summed E-state index contributed by atoms with van der Waals surface area (Å²) in [5, 5.41) is 1.04. The third-order valence-corrected chi connectivity index (χ3v) is 7.71. The molecule has 0 unspecified atom stereocenters. The first-order valence-corrected chi connectivity index (χ1v) is 14.1. The Kier molecular flexibility index (Phi) is 8.74. The molecule has 0 bridgehead atoms. The van der Waals surface area contributed by atoms with Gasteiger partial charge >= 0.3 is 0 Å². The molecule has 4 aromatic carbocycles. The van der Waals surface area contributed by atoms with Gasteiger partial charge in [-0.3, -0.25) is 0 Å². The number of fused-ring (bicyclic) bond motifs is 1. The summed E-state index contributed by atoms with van der Waals surface area (Å²) in [5.41, 5.74) is 2.22. The summed E-state index contributed by atoms with van der Waals surface area (Å²) in [5.74, 6) is 3.17. The van der Waals surface area contributed by atoms with Gasteiger partial charge in [-0.15, -0.1) is 11.3 Å². The zero-order chi connectivity index (χ0) is 26.2. The van der Waals surface area contributed by atoms with Gasteiger partial charge < -0.3 is 19.0 Å². The van der Waals surface area contributed by atoms with Crippen molar-refractivity contribution in [2.75, 3.05) is 6.61 Å². The molecule has 1 heterocycles. The number of carbonyl (C=O) groups is 1. The zero-order valence-electron chi connectivity index (χ0n) is 20.8. The van der Waals surface area contributed by atoms with Crippen molar-refractivity contribution in [2.24, 2.45) is 0 Å². The zero-order valence-corrected chi connectivity index (χ0v) is 23.2. The smallest absolute Gasteiger partial charge is 0.153 e. The number of benzene rings is 4. The highest BCUT2D eigenvalue weighted by molar-refractivity contribution is 9.10. The molecule has 38 heavy (non-hydrogen) atoms. The van der Waals surface area contributed by atoms with Gasteiger partial charge in [-0.25, -0.2) is 0 Å². The van der Waals surface area contributed by atoms with E-state index in [1.54, 1.807) is 11.3 Å². The van der Waals surface area contributed by atoms with Crippen LogP contribution in [0, 0.1) is 0 Å². The predicted octanol–water partition coefficient (Wildman–Crippen LogP) is 9.45. The van der Waals surface area contributed by atoms with E-state index in [2.05, 4.69) is 52.3 Å². The van der Waals surface area contributed by atoms with Crippen LogP contribution >= 0.6 is 27.3 Å². The van der Waals surface area contributed by atoms with Crippen molar-refractivity contribution in [1.29, 1.82) is 0 Å². The van der Waals surface area contributed by atoms with Crippen molar-refractivity contribution in [3.8, 4) is 33.4 Å². The maximum Gasteiger partial charge on any atom is 0.153 e. The summed E-state index contributed by atoms with van der Waals surface area (Å²) >= 11 is 5.22. The molecule has 0 aliphatic carbocycles. The number of thiophene rings is 1. The molecule has 0 spiro atoms. The summed E-state index contributed by atoms with van der Waals surface area (Å²) < 4.78 is 20.5. The Bertz CT molecular complexity index is 1480. The molecule has 4 nitrogen and oxygen atoms in total. The molecule has 0 aliphatic heterocycles. The first-order valence-electron chi connectivity index (χ1n) is 12.5. The monoisotopic (exact) mass is 586 g/mol. The van der Waals surface area contributed by atoms with E-state index < -0.39 is 0 Å². The van der Waals surface area contributed by atoms with Crippen molar-refractivity contribution in [1.82, 2.24) is 0 Å². The van der Waals surface area contributed by atoms with Crippen LogP contribution in [0.3, 0.4) is 0 Å². The molecule has 5 rings (SSSR count). The van der Waals surface area contributed by atoms with Crippen molar-refractivity contribution in [3.63, 3.8) is 0 Å². The SMILES string of the molecule is O=CCCCCOc1ccc(Oc2c(-c3ccc(Br)cc3)sc3cc(OCc4ccccc4)ccc23)cc1. The summed E-state index contributed by atoms with van der Waals surface area (Å²) in [6.07, 6.45) is 3.21. The van der Waals surface area contributed by atoms with E-state index in [9.17, 15) is 4.79 Å². The molecule has 0 saturated carbocycles. The Morgan fingerprint density at radius 3 is 2.26 bits per heavy atom. The molecule has 0 N–H and O–H groups in total. The van der Waals surface area contributed by atoms with Crippen LogP contribution in [0.4, 0.5) is 0 Å². The van der Waals surface area contributed by atoms with E-state index in [1.807, 2.05) is 60.7 Å². The minimum atomic E-state index is 0.520. The lowest BCUT2D eigenvalue weighted by Gasteiger charge is -2.10. The molecular weight excluding hydrogens is 560 g/mol. The van der Waals surface area contributed by atoms with Crippen molar-refractivity contribution in [3.05, 3.63) is 107 Å².